The van der Waals surface area contributed by atoms with Crippen molar-refractivity contribution in [2.24, 2.45) is 0 Å². The molecule has 1 aliphatic heterocycles. The molecule has 1 fully saturated rings. The number of Topliss-reactive ketones (excluding diaryl/α,β-unsaturated/α-hetero) is 1. The third-order valence-electron chi connectivity index (χ3n) is 5.13. The van der Waals surface area contributed by atoms with Crippen molar-refractivity contribution in [3.8, 4) is 0 Å². The minimum absolute atomic E-state index is 0.0950. The van der Waals surface area contributed by atoms with Gasteiger partial charge in [0, 0.05) is 35.7 Å². The van der Waals surface area contributed by atoms with Gasteiger partial charge in [-0.3, -0.25) is 14.4 Å². The fourth-order valence-electron chi connectivity index (χ4n) is 3.52. The molecular weight excluding hydrogens is 391 g/mol. The van der Waals surface area contributed by atoms with E-state index in [4.69, 9.17) is 9.47 Å². The van der Waals surface area contributed by atoms with Gasteiger partial charge in [0.05, 0.1) is 6.10 Å². The van der Waals surface area contributed by atoms with Crippen LogP contribution in [0.1, 0.15) is 44.9 Å². The second-order valence-corrected chi connectivity index (χ2v) is 7.31. The van der Waals surface area contributed by atoms with E-state index in [9.17, 15) is 18.8 Å². The highest BCUT2D eigenvalue weighted by atomic mass is 19.1. The molecule has 0 saturated carbocycles. The highest BCUT2D eigenvalue weighted by Crippen LogP contribution is 2.20. The molecular formula is C22H25FN2O5. The van der Waals surface area contributed by atoms with E-state index >= 15 is 0 Å². The topological polar surface area (TPSA) is 86.6 Å². The van der Waals surface area contributed by atoms with E-state index in [0.29, 0.717) is 12.1 Å². The molecule has 1 saturated heterocycles. The number of nitrogens with one attached hydrogen (secondary N) is 1. The predicted octanol–water partition coefficient (Wildman–Crippen LogP) is 2.58. The lowest BCUT2D eigenvalue weighted by molar-refractivity contribution is -0.141. The summed E-state index contributed by atoms with van der Waals surface area (Å²) in [6, 6.07) is 6.90. The van der Waals surface area contributed by atoms with Gasteiger partial charge in [0.1, 0.15) is 12.4 Å². The summed E-state index contributed by atoms with van der Waals surface area (Å²) in [7, 11) is 0. The van der Waals surface area contributed by atoms with Gasteiger partial charge in [-0.1, -0.05) is 6.07 Å². The maximum absolute atomic E-state index is 13.2. The number of carbonyl (C=O) groups is 3. The Morgan fingerprint density at radius 2 is 2.07 bits per heavy atom. The summed E-state index contributed by atoms with van der Waals surface area (Å²) in [6.45, 7) is 4.40. The molecule has 1 atom stereocenters. The monoisotopic (exact) mass is 416 g/mol. The summed E-state index contributed by atoms with van der Waals surface area (Å²) >= 11 is 0. The van der Waals surface area contributed by atoms with Crippen LogP contribution in [0.4, 0.5) is 4.39 Å². The predicted molar refractivity (Wildman–Crippen MR) is 107 cm³/mol. The summed E-state index contributed by atoms with van der Waals surface area (Å²) < 4.78 is 25.9. The summed E-state index contributed by atoms with van der Waals surface area (Å²) in [5.74, 6) is -2.21. The van der Waals surface area contributed by atoms with Gasteiger partial charge in [0.25, 0.3) is 5.91 Å². The highest BCUT2D eigenvalue weighted by molar-refractivity contribution is 6.00. The number of carbonyl (C=O) groups excluding carboxylic acids is 3. The summed E-state index contributed by atoms with van der Waals surface area (Å²) in [4.78, 5) is 36.3. The molecule has 1 aliphatic rings. The van der Waals surface area contributed by atoms with Crippen LogP contribution in [0.15, 0.2) is 30.3 Å². The van der Waals surface area contributed by atoms with Crippen molar-refractivity contribution < 1.29 is 28.2 Å². The number of ether oxygens (including phenoxy) is 2. The third-order valence-corrected chi connectivity index (χ3v) is 5.13. The second-order valence-electron chi connectivity index (χ2n) is 7.31. The van der Waals surface area contributed by atoms with Crippen molar-refractivity contribution in [1.29, 1.82) is 0 Å². The number of aromatic nitrogens is 1. The highest BCUT2D eigenvalue weighted by Gasteiger charge is 2.21. The molecule has 1 amide bonds. The molecule has 1 N–H and O–H groups in total. The largest absolute Gasteiger partial charge is 0.456 e. The van der Waals surface area contributed by atoms with Crippen molar-refractivity contribution in [2.45, 2.75) is 39.3 Å². The number of hydrogen-bond acceptors (Lipinski definition) is 5. The molecule has 160 valence electrons. The van der Waals surface area contributed by atoms with E-state index in [1.165, 1.54) is 18.2 Å². The Kier molecular flexibility index (Phi) is 6.99. The van der Waals surface area contributed by atoms with E-state index < -0.39 is 30.8 Å². The fraction of sp³-hybridized carbons (Fsp3) is 0.409. The van der Waals surface area contributed by atoms with Crippen molar-refractivity contribution in [3.63, 3.8) is 0 Å². The van der Waals surface area contributed by atoms with Crippen LogP contribution in [0.25, 0.3) is 0 Å². The molecule has 2 aromatic rings. The van der Waals surface area contributed by atoms with Gasteiger partial charge in [0.15, 0.2) is 6.61 Å². The number of amides is 1. The molecule has 0 unspecified atom stereocenters. The van der Waals surface area contributed by atoms with Crippen molar-refractivity contribution in [3.05, 3.63) is 58.7 Å². The molecule has 0 bridgehead atoms. The number of ketones is 1. The van der Waals surface area contributed by atoms with Crippen LogP contribution in [0.5, 0.6) is 0 Å². The third kappa shape index (κ3) is 5.33. The van der Waals surface area contributed by atoms with E-state index in [2.05, 4.69) is 5.32 Å². The molecule has 7 nitrogen and oxygen atoms in total. The van der Waals surface area contributed by atoms with E-state index in [-0.39, 0.29) is 17.5 Å². The molecule has 8 heteroatoms. The van der Waals surface area contributed by atoms with Gasteiger partial charge >= 0.3 is 5.97 Å². The van der Waals surface area contributed by atoms with Crippen LogP contribution in [0, 0.1) is 19.7 Å². The Balaban J connectivity index is 1.50. The smallest absolute Gasteiger partial charge is 0.325 e. The molecule has 2 heterocycles. The normalized spacial score (nSPS) is 15.8. The molecule has 0 spiro atoms. The zero-order chi connectivity index (χ0) is 21.7. The lowest BCUT2D eigenvalue weighted by Crippen LogP contribution is -2.31. The zero-order valence-corrected chi connectivity index (χ0v) is 17.1. The van der Waals surface area contributed by atoms with Gasteiger partial charge in [-0.15, -0.1) is 0 Å². The first kappa shape index (κ1) is 21.7. The summed E-state index contributed by atoms with van der Waals surface area (Å²) in [5.41, 5.74) is 2.35. The average Bonchev–Trinajstić information content (AvgIpc) is 3.34. The first-order chi connectivity index (χ1) is 14.3. The maximum atomic E-state index is 13.2. The number of benzene rings is 1. The molecule has 30 heavy (non-hydrogen) atoms. The van der Waals surface area contributed by atoms with E-state index in [1.807, 2.05) is 18.4 Å². The van der Waals surface area contributed by atoms with E-state index in [0.717, 1.165) is 36.9 Å². The van der Waals surface area contributed by atoms with Gasteiger partial charge in [-0.05, 0) is 51.0 Å². The number of esters is 1. The second kappa shape index (κ2) is 9.67. The SMILES string of the molecule is Cc1cc(C(=O)COC(=O)CNC(=O)c2cccc(F)c2)c(C)n1C[C@@H]1CCCO1. The van der Waals surface area contributed by atoms with Crippen molar-refractivity contribution in [2.75, 3.05) is 19.8 Å². The Hall–Kier alpha value is -3.00. The molecule has 0 radical (unpaired) electrons. The van der Waals surface area contributed by atoms with Gasteiger partial charge < -0.3 is 19.4 Å². The zero-order valence-electron chi connectivity index (χ0n) is 17.1. The lowest BCUT2D eigenvalue weighted by atomic mass is 10.1. The van der Waals surface area contributed by atoms with Crippen LogP contribution < -0.4 is 5.32 Å². The molecule has 1 aromatic heterocycles. The molecule has 1 aromatic carbocycles. The molecule has 0 aliphatic carbocycles. The first-order valence-corrected chi connectivity index (χ1v) is 9.86. The number of nitrogens with zero attached hydrogens (tertiary/aromatic N) is 1. The number of halogens is 1. The van der Waals surface area contributed by atoms with Crippen molar-refractivity contribution in [1.82, 2.24) is 9.88 Å². The van der Waals surface area contributed by atoms with Gasteiger partial charge in [-0.25, -0.2) is 4.39 Å². The summed E-state index contributed by atoms with van der Waals surface area (Å²) in [6.07, 6.45) is 2.19. The van der Waals surface area contributed by atoms with Crippen LogP contribution in [0.3, 0.4) is 0 Å². The van der Waals surface area contributed by atoms with Crippen LogP contribution in [-0.2, 0) is 20.8 Å². The number of hydrogen-bond donors (Lipinski definition) is 1. The summed E-state index contributed by atoms with van der Waals surface area (Å²) in [5, 5.41) is 2.34. The van der Waals surface area contributed by atoms with Gasteiger partial charge in [0.2, 0.25) is 5.78 Å². The Morgan fingerprint density at radius 3 is 2.77 bits per heavy atom. The van der Waals surface area contributed by atoms with Crippen LogP contribution >= 0.6 is 0 Å². The van der Waals surface area contributed by atoms with Crippen LogP contribution in [-0.4, -0.2) is 48.1 Å². The number of aryl methyl sites for hydroxylation is 1. The fourth-order valence-corrected chi connectivity index (χ4v) is 3.52. The maximum Gasteiger partial charge on any atom is 0.325 e. The Labute approximate surface area is 174 Å². The van der Waals surface area contributed by atoms with Crippen LogP contribution in [0.2, 0.25) is 0 Å². The Bertz CT molecular complexity index is 947. The standard InChI is InChI=1S/C22H25FN2O5/c1-14-9-19(15(2)25(14)12-18-7-4-8-29-18)20(26)13-30-21(27)11-24-22(28)16-5-3-6-17(23)10-16/h3,5-6,9-10,18H,4,7-8,11-13H2,1-2H3,(H,24,28)/t18-/m0/s1. The van der Waals surface area contributed by atoms with E-state index in [1.54, 1.807) is 6.07 Å². The quantitative estimate of drug-likeness (QED) is 0.528. The lowest BCUT2D eigenvalue weighted by Gasteiger charge is -2.14. The minimum Gasteiger partial charge on any atom is -0.456 e. The number of rotatable bonds is 8. The molecule has 3 rings (SSSR count). The van der Waals surface area contributed by atoms with Gasteiger partial charge in [-0.2, -0.15) is 0 Å². The van der Waals surface area contributed by atoms with Crippen molar-refractivity contribution >= 4 is 17.7 Å². The average molecular weight is 416 g/mol. The Morgan fingerprint density at radius 1 is 1.27 bits per heavy atom. The first-order valence-electron chi connectivity index (χ1n) is 9.86. The minimum atomic E-state index is -0.749.